The molecule has 3 rings (SSSR count). The highest BCUT2D eigenvalue weighted by molar-refractivity contribution is 5.79. The molecule has 1 aromatic carbocycles. The summed E-state index contributed by atoms with van der Waals surface area (Å²) < 4.78 is 10.6. The summed E-state index contributed by atoms with van der Waals surface area (Å²) in [4.78, 5) is 14.8. The van der Waals surface area contributed by atoms with Gasteiger partial charge in [-0.2, -0.15) is 0 Å². The lowest BCUT2D eigenvalue weighted by atomic mass is 9.97. The maximum Gasteiger partial charge on any atom is 0.226 e. The molecule has 0 radical (unpaired) electrons. The summed E-state index contributed by atoms with van der Waals surface area (Å²) in [6.07, 6.45) is 3.88. The van der Waals surface area contributed by atoms with E-state index in [2.05, 4.69) is 17.0 Å². The monoisotopic (exact) mass is 289 g/mol. The summed E-state index contributed by atoms with van der Waals surface area (Å²) in [5.41, 5.74) is 1.22. The van der Waals surface area contributed by atoms with Gasteiger partial charge < -0.3 is 14.4 Å². The third kappa shape index (κ3) is 3.05. The van der Waals surface area contributed by atoms with E-state index in [1.807, 2.05) is 12.1 Å². The maximum atomic E-state index is 12.8. The molecule has 2 heterocycles. The molecule has 0 spiro atoms. The summed E-state index contributed by atoms with van der Waals surface area (Å²) >= 11 is 0. The number of hydrogen-bond acceptors (Lipinski definition) is 3. The Labute approximate surface area is 126 Å². The number of carbonyl (C=O) groups is 1. The molecule has 0 aromatic heterocycles. The van der Waals surface area contributed by atoms with Gasteiger partial charge in [-0.3, -0.25) is 4.79 Å². The van der Waals surface area contributed by atoms with Gasteiger partial charge in [-0.05, 0) is 43.4 Å². The minimum Gasteiger partial charge on any atom is -0.497 e. The van der Waals surface area contributed by atoms with Gasteiger partial charge in [-0.15, -0.1) is 0 Å². The van der Waals surface area contributed by atoms with Crippen LogP contribution in [-0.2, 0) is 9.53 Å². The van der Waals surface area contributed by atoms with E-state index >= 15 is 0 Å². The molecule has 1 atom stereocenters. The number of ether oxygens (including phenoxy) is 2. The molecule has 21 heavy (non-hydrogen) atoms. The van der Waals surface area contributed by atoms with E-state index < -0.39 is 0 Å². The van der Waals surface area contributed by atoms with Crippen molar-refractivity contribution in [2.45, 2.75) is 31.7 Å². The Morgan fingerprint density at radius 1 is 1.19 bits per heavy atom. The molecular weight excluding hydrogens is 266 g/mol. The van der Waals surface area contributed by atoms with Gasteiger partial charge in [0.15, 0.2) is 0 Å². The average Bonchev–Trinajstić information content (AvgIpc) is 3.04. The van der Waals surface area contributed by atoms with Gasteiger partial charge in [0, 0.05) is 25.7 Å². The van der Waals surface area contributed by atoms with E-state index in [1.54, 1.807) is 7.11 Å². The highest BCUT2D eigenvalue weighted by Gasteiger charge is 2.34. The fourth-order valence-corrected chi connectivity index (χ4v) is 3.38. The van der Waals surface area contributed by atoms with Gasteiger partial charge in [-0.1, -0.05) is 12.1 Å². The van der Waals surface area contributed by atoms with Crippen molar-refractivity contribution in [1.29, 1.82) is 0 Å². The zero-order chi connectivity index (χ0) is 14.7. The third-order valence-corrected chi connectivity index (χ3v) is 4.61. The molecule has 1 amide bonds. The van der Waals surface area contributed by atoms with Crippen LogP contribution >= 0.6 is 0 Å². The van der Waals surface area contributed by atoms with Gasteiger partial charge >= 0.3 is 0 Å². The summed E-state index contributed by atoms with van der Waals surface area (Å²) in [5, 5.41) is 0. The van der Waals surface area contributed by atoms with Gasteiger partial charge in [0.2, 0.25) is 5.91 Å². The number of amides is 1. The van der Waals surface area contributed by atoms with Crippen LogP contribution in [0, 0.1) is 5.92 Å². The van der Waals surface area contributed by atoms with Crippen LogP contribution in [0.15, 0.2) is 24.3 Å². The molecule has 1 aromatic rings. The van der Waals surface area contributed by atoms with E-state index in [9.17, 15) is 4.79 Å². The molecule has 2 aliphatic heterocycles. The molecule has 2 aliphatic rings. The van der Waals surface area contributed by atoms with Gasteiger partial charge in [0.1, 0.15) is 5.75 Å². The van der Waals surface area contributed by atoms with Gasteiger partial charge in [0.25, 0.3) is 0 Å². The molecule has 2 fully saturated rings. The van der Waals surface area contributed by atoms with Crippen LogP contribution in [0.5, 0.6) is 5.75 Å². The van der Waals surface area contributed by atoms with E-state index in [0.29, 0.717) is 5.91 Å². The van der Waals surface area contributed by atoms with Gasteiger partial charge in [0.05, 0.1) is 13.2 Å². The number of methoxy groups -OCH3 is 1. The predicted octanol–water partition coefficient (Wildman–Crippen LogP) is 2.79. The zero-order valence-corrected chi connectivity index (χ0v) is 12.6. The zero-order valence-electron chi connectivity index (χ0n) is 12.6. The lowest BCUT2D eigenvalue weighted by Crippen LogP contribution is -2.38. The molecule has 0 saturated carbocycles. The van der Waals surface area contributed by atoms with Crippen molar-refractivity contribution < 1.29 is 14.3 Å². The molecule has 114 valence electrons. The van der Waals surface area contributed by atoms with Crippen molar-refractivity contribution in [1.82, 2.24) is 4.90 Å². The van der Waals surface area contributed by atoms with Crippen molar-refractivity contribution >= 4 is 5.91 Å². The number of rotatable bonds is 3. The summed E-state index contributed by atoms with van der Waals surface area (Å²) in [7, 11) is 1.67. The number of hydrogen-bond donors (Lipinski definition) is 0. The number of likely N-dealkylation sites (tertiary alicyclic amines) is 1. The van der Waals surface area contributed by atoms with Crippen molar-refractivity contribution in [2.24, 2.45) is 5.92 Å². The molecule has 0 aliphatic carbocycles. The number of carbonyl (C=O) groups excluding carboxylic acids is 1. The Hall–Kier alpha value is -1.55. The number of benzene rings is 1. The Balaban J connectivity index is 1.73. The highest BCUT2D eigenvalue weighted by Crippen LogP contribution is 2.35. The maximum absolute atomic E-state index is 12.8. The van der Waals surface area contributed by atoms with Crippen LogP contribution in [0.4, 0.5) is 0 Å². The van der Waals surface area contributed by atoms with E-state index in [1.165, 1.54) is 5.56 Å². The number of nitrogens with zero attached hydrogens (tertiary/aromatic N) is 1. The van der Waals surface area contributed by atoms with Crippen LogP contribution in [0.1, 0.15) is 37.3 Å². The van der Waals surface area contributed by atoms with E-state index in [-0.39, 0.29) is 12.0 Å². The summed E-state index contributed by atoms with van der Waals surface area (Å²) in [6, 6.07) is 8.35. The van der Waals surface area contributed by atoms with Crippen LogP contribution < -0.4 is 4.74 Å². The minimum atomic E-state index is 0.151. The minimum absolute atomic E-state index is 0.151. The summed E-state index contributed by atoms with van der Waals surface area (Å²) in [5.74, 6) is 1.33. The quantitative estimate of drug-likeness (QED) is 0.859. The van der Waals surface area contributed by atoms with E-state index in [4.69, 9.17) is 9.47 Å². The van der Waals surface area contributed by atoms with Crippen LogP contribution in [0.25, 0.3) is 0 Å². The predicted molar refractivity (Wildman–Crippen MR) is 80.2 cm³/mol. The second-order valence-electron chi connectivity index (χ2n) is 5.85. The molecule has 0 N–H and O–H groups in total. The Morgan fingerprint density at radius 3 is 2.57 bits per heavy atom. The topological polar surface area (TPSA) is 38.8 Å². The lowest BCUT2D eigenvalue weighted by Gasteiger charge is -2.31. The van der Waals surface area contributed by atoms with Crippen molar-refractivity contribution in [3.8, 4) is 5.75 Å². The fraction of sp³-hybridized carbons (Fsp3) is 0.588. The molecule has 4 heteroatoms. The molecule has 1 unspecified atom stereocenters. The second-order valence-corrected chi connectivity index (χ2v) is 5.85. The smallest absolute Gasteiger partial charge is 0.226 e. The molecular formula is C17H23NO3. The molecule has 4 nitrogen and oxygen atoms in total. The first kappa shape index (κ1) is 14.4. The van der Waals surface area contributed by atoms with Crippen LogP contribution in [-0.4, -0.2) is 37.7 Å². The first-order valence-electron chi connectivity index (χ1n) is 7.82. The molecule has 2 saturated heterocycles. The fourth-order valence-electron chi connectivity index (χ4n) is 3.38. The van der Waals surface area contributed by atoms with Crippen LogP contribution in [0.2, 0.25) is 0 Å². The van der Waals surface area contributed by atoms with Gasteiger partial charge in [-0.25, -0.2) is 0 Å². The third-order valence-electron chi connectivity index (χ3n) is 4.61. The largest absolute Gasteiger partial charge is 0.497 e. The lowest BCUT2D eigenvalue weighted by molar-refractivity contribution is -0.139. The Kier molecular flexibility index (Phi) is 4.44. The van der Waals surface area contributed by atoms with Crippen molar-refractivity contribution in [3.05, 3.63) is 29.8 Å². The normalized spacial score (nSPS) is 23.3. The highest BCUT2D eigenvalue weighted by atomic mass is 16.5. The SMILES string of the molecule is COc1ccc(C2CCCN2C(=O)C2CCOCC2)cc1. The Morgan fingerprint density at radius 2 is 1.90 bits per heavy atom. The first-order valence-corrected chi connectivity index (χ1v) is 7.82. The van der Waals surface area contributed by atoms with Crippen molar-refractivity contribution in [3.63, 3.8) is 0 Å². The summed E-state index contributed by atoms with van der Waals surface area (Å²) in [6.45, 7) is 2.32. The van der Waals surface area contributed by atoms with Crippen LogP contribution in [0.3, 0.4) is 0 Å². The first-order chi connectivity index (χ1) is 10.3. The van der Waals surface area contributed by atoms with Crippen molar-refractivity contribution in [2.75, 3.05) is 26.9 Å². The van der Waals surface area contributed by atoms with E-state index in [0.717, 1.165) is 51.2 Å². The molecule has 0 bridgehead atoms. The second kappa shape index (κ2) is 6.48. The average molecular weight is 289 g/mol. The standard InChI is InChI=1S/C17H23NO3/c1-20-15-6-4-13(5-7-15)16-3-2-10-18(16)17(19)14-8-11-21-12-9-14/h4-7,14,16H,2-3,8-12H2,1H3. The Bertz CT molecular complexity index is 479.